The molecule has 16 heavy (non-hydrogen) atoms. The van der Waals surface area contributed by atoms with Gasteiger partial charge in [0.1, 0.15) is 0 Å². The van der Waals surface area contributed by atoms with Crippen molar-refractivity contribution in [2.75, 3.05) is 13.1 Å². The van der Waals surface area contributed by atoms with Crippen LogP contribution in [0.3, 0.4) is 0 Å². The minimum absolute atomic E-state index is 0.00952. The van der Waals surface area contributed by atoms with Crippen molar-refractivity contribution in [2.45, 2.75) is 32.7 Å². The number of carbonyl (C=O) groups is 2. The summed E-state index contributed by atoms with van der Waals surface area (Å²) >= 11 is 0. The first-order chi connectivity index (χ1) is 7.47. The van der Waals surface area contributed by atoms with Gasteiger partial charge in [-0.15, -0.1) is 0 Å². The van der Waals surface area contributed by atoms with Gasteiger partial charge in [0.25, 0.3) is 0 Å². The predicted molar refractivity (Wildman–Crippen MR) is 59.8 cm³/mol. The van der Waals surface area contributed by atoms with Gasteiger partial charge in [0.15, 0.2) is 0 Å². The number of carboxylic acid groups (broad SMARTS) is 1. The minimum Gasteiger partial charge on any atom is -0.481 e. The number of nitrogens with zero attached hydrogens (tertiary/aromatic N) is 1. The van der Waals surface area contributed by atoms with E-state index < -0.39 is 17.9 Å². The van der Waals surface area contributed by atoms with E-state index in [1.165, 1.54) is 0 Å². The lowest BCUT2D eigenvalue weighted by Gasteiger charge is -2.20. The smallest absolute Gasteiger partial charge is 0.308 e. The fraction of sp³-hybridized carbons (Fsp3) is 0.818. The highest BCUT2D eigenvalue weighted by Gasteiger charge is 2.37. The third kappa shape index (κ3) is 2.72. The summed E-state index contributed by atoms with van der Waals surface area (Å²) in [6.07, 6.45) is 1.51. The highest BCUT2D eigenvalue weighted by atomic mass is 16.4. The van der Waals surface area contributed by atoms with Crippen molar-refractivity contribution >= 4 is 11.9 Å². The molecule has 1 amide bonds. The topological polar surface area (TPSA) is 83.6 Å². The first-order valence-corrected chi connectivity index (χ1v) is 5.74. The normalized spacial score (nSPS) is 26.8. The number of hydrogen-bond donors (Lipinski definition) is 2. The van der Waals surface area contributed by atoms with Crippen molar-refractivity contribution in [2.24, 2.45) is 17.6 Å². The zero-order valence-corrected chi connectivity index (χ0v) is 9.85. The molecule has 0 radical (unpaired) electrons. The van der Waals surface area contributed by atoms with Crippen LogP contribution in [0.5, 0.6) is 0 Å². The molecule has 1 aliphatic heterocycles. The van der Waals surface area contributed by atoms with Gasteiger partial charge < -0.3 is 15.7 Å². The van der Waals surface area contributed by atoms with Crippen LogP contribution in [-0.4, -0.2) is 41.0 Å². The van der Waals surface area contributed by atoms with Gasteiger partial charge in [-0.3, -0.25) is 9.59 Å². The van der Waals surface area contributed by atoms with Gasteiger partial charge in [-0.2, -0.15) is 0 Å². The number of amides is 1. The Morgan fingerprint density at radius 3 is 2.56 bits per heavy atom. The van der Waals surface area contributed by atoms with Gasteiger partial charge in [-0.1, -0.05) is 20.3 Å². The Morgan fingerprint density at radius 2 is 2.12 bits per heavy atom. The summed E-state index contributed by atoms with van der Waals surface area (Å²) in [4.78, 5) is 24.4. The summed E-state index contributed by atoms with van der Waals surface area (Å²) in [5.74, 6) is -1.38. The van der Waals surface area contributed by atoms with E-state index in [2.05, 4.69) is 0 Å². The van der Waals surface area contributed by atoms with E-state index in [1.807, 2.05) is 13.8 Å². The van der Waals surface area contributed by atoms with Gasteiger partial charge in [0.05, 0.1) is 12.0 Å². The highest BCUT2D eigenvalue weighted by molar-refractivity contribution is 5.83. The fourth-order valence-corrected chi connectivity index (χ4v) is 2.14. The van der Waals surface area contributed by atoms with Crippen LogP contribution < -0.4 is 5.73 Å². The molecule has 92 valence electrons. The molecule has 1 heterocycles. The van der Waals surface area contributed by atoms with E-state index in [4.69, 9.17) is 10.8 Å². The largest absolute Gasteiger partial charge is 0.481 e. The average Bonchev–Trinajstić information content (AvgIpc) is 2.59. The van der Waals surface area contributed by atoms with Crippen molar-refractivity contribution < 1.29 is 14.7 Å². The van der Waals surface area contributed by atoms with Gasteiger partial charge in [-0.25, -0.2) is 0 Å². The van der Waals surface area contributed by atoms with Gasteiger partial charge in [-0.05, 0) is 12.3 Å². The Kier molecular flexibility index (Phi) is 4.29. The highest BCUT2D eigenvalue weighted by Crippen LogP contribution is 2.23. The van der Waals surface area contributed by atoms with Crippen molar-refractivity contribution in [1.82, 2.24) is 4.90 Å². The van der Waals surface area contributed by atoms with Crippen LogP contribution in [-0.2, 0) is 9.59 Å². The Hall–Kier alpha value is -1.10. The zero-order valence-electron chi connectivity index (χ0n) is 9.85. The van der Waals surface area contributed by atoms with E-state index in [0.717, 1.165) is 6.42 Å². The standard InChI is InChI=1S/C11H20N2O3/c1-3-4-9(12)10(14)13-5-7(2)8(6-13)11(15)16/h7-9H,3-6,12H2,1-2H3,(H,15,16)/t7?,8?,9-/m0/s1. The summed E-state index contributed by atoms with van der Waals surface area (Å²) < 4.78 is 0. The Bertz CT molecular complexity index is 280. The van der Waals surface area contributed by atoms with E-state index in [9.17, 15) is 9.59 Å². The molecule has 0 saturated carbocycles. The van der Waals surface area contributed by atoms with Crippen LogP contribution in [0.15, 0.2) is 0 Å². The quantitative estimate of drug-likeness (QED) is 0.724. The molecule has 3 N–H and O–H groups in total. The van der Waals surface area contributed by atoms with Gasteiger partial charge in [0.2, 0.25) is 5.91 Å². The molecule has 1 rings (SSSR count). The summed E-state index contributed by atoms with van der Waals surface area (Å²) in [7, 11) is 0. The maximum absolute atomic E-state index is 11.9. The van der Waals surface area contributed by atoms with E-state index in [1.54, 1.807) is 4.90 Å². The third-order valence-electron chi connectivity index (χ3n) is 3.16. The molecule has 0 aromatic rings. The van der Waals surface area contributed by atoms with Crippen molar-refractivity contribution in [3.63, 3.8) is 0 Å². The van der Waals surface area contributed by atoms with Crippen LogP contribution in [0.2, 0.25) is 0 Å². The zero-order chi connectivity index (χ0) is 12.3. The number of nitrogens with two attached hydrogens (primary N) is 1. The summed E-state index contributed by atoms with van der Waals surface area (Å²) in [5.41, 5.74) is 5.74. The second-order valence-electron chi connectivity index (χ2n) is 4.56. The lowest BCUT2D eigenvalue weighted by atomic mass is 9.99. The van der Waals surface area contributed by atoms with Crippen LogP contribution >= 0.6 is 0 Å². The number of likely N-dealkylation sites (tertiary alicyclic amines) is 1. The molecular weight excluding hydrogens is 208 g/mol. The number of hydrogen-bond acceptors (Lipinski definition) is 3. The van der Waals surface area contributed by atoms with Crippen LogP contribution in [0, 0.1) is 11.8 Å². The van der Waals surface area contributed by atoms with Crippen LogP contribution in [0.1, 0.15) is 26.7 Å². The maximum atomic E-state index is 11.9. The fourth-order valence-electron chi connectivity index (χ4n) is 2.14. The molecule has 0 aromatic carbocycles. The molecular formula is C11H20N2O3. The lowest BCUT2D eigenvalue weighted by Crippen LogP contribution is -2.42. The van der Waals surface area contributed by atoms with E-state index in [0.29, 0.717) is 19.5 Å². The van der Waals surface area contributed by atoms with E-state index >= 15 is 0 Å². The Morgan fingerprint density at radius 1 is 1.50 bits per heavy atom. The second kappa shape index (κ2) is 5.30. The van der Waals surface area contributed by atoms with Crippen molar-refractivity contribution in [3.05, 3.63) is 0 Å². The van der Waals surface area contributed by atoms with Gasteiger partial charge >= 0.3 is 5.97 Å². The molecule has 3 atom stereocenters. The molecule has 0 aliphatic carbocycles. The monoisotopic (exact) mass is 228 g/mol. The predicted octanol–water partition coefficient (Wildman–Crippen LogP) is 0.293. The molecule has 2 unspecified atom stereocenters. The van der Waals surface area contributed by atoms with Crippen molar-refractivity contribution in [3.8, 4) is 0 Å². The van der Waals surface area contributed by atoms with Crippen LogP contribution in [0.25, 0.3) is 0 Å². The maximum Gasteiger partial charge on any atom is 0.308 e. The SMILES string of the molecule is CCC[C@H](N)C(=O)N1CC(C)C(C(=O)O)C1. The second-order valence-corrected chi connectivity index (χ2v) is 4.56. The number of carboxylic acids is 1. The molecule has 1 aliphatic rings. The first-order valence-electron chi connectivity index (χ1n) is 5.74. The summed E-state index contributed by atoms with van der Waals surface area (Å²) in [6.45, 7) is 4.64. The molecule has 0 bridgehead atoms. The first kappa shape index (κ1) is 13.0. The Labute approximate surface area is 95.6 Å². The number of aliphatic carboxylic acids is 1. The summed E-state index contributed by atoms with van der Waals surface area (Å²) in [6, 6.07) is -0.482. The molecule has 1 fully saturated rings. The van der Waals surface area contributed by atoms with Crippen LogP contribution in [0.4, 0.5) is 0 Å². The van der Waals surface area contributed by atoms with E-state index in [-0.39, 0.29) is 11.8 Å². The summed E-state index contributed by atoms with van der Waals surface area (Å²) in [5, 5.41) is 8.96. The van der Waals surface area contributed by atoms with Crippen molar-refractivity contribution in [1.29, 1.82) is 0 Å². The molecule has 5 heteroatoms. The molecule has 0 spiro atoms. The molecule has 1 saturated heterocycles. The van der Waals surface area contributed by atoms with Gasteiger partial charge in [0, 0.05) is 13.1 Å². The number of carbonyl (C=O) groups excluding carboxylic acids is 1. The molecule has 0 aromatic heterocycles. The third-order valence-corrected chi connectivity index (χ3v) is 3.16. The number of rotatable bonds is 4. The lowest BCUT2D eigenvalue weighted by molar-refractivity contribution is -0.142. The Balaban J connectivity index is 2.58. The average molecular weight is 228 g/mol. The molecule has 5 nitrogen and oxygen atoms in total. The minimum atomic E-state index is -0.827.